The van der Waals surface area contributed by atoms with Gasteiger partial charge < -0.3 is 9.13 Å². The summed E-state index contributed by atoms with van der Waals surface area (Å²) in [6.45, 7) is 4.00. The maximum absolute atomic E-state index is 2.56. The minimum Gasteiger partial charge on any atom is -0.313 e. The molecule has 0 saturated carbocycles. The first-order valence-electron chi connectivity index (χ1n) is 19.1. The zero-order valence-corrected chi connectivity index (χ0v) is 30.1. The lowest BCUT2D eigenvalue weighted by Crippen LogP contribution is -2.08. The van der Waals surface area contributed by atoms with E-state index in [-0.39, 0.29) is 5.92 Å². The number of rotatable bonds is 5. The van der Waals surface area contributed by atoms with Crippen LogP contribution in [0.15, 0.2) is 146 Å². The molecule has 0 amide bonds. The second-order valence-corrected chi connectivity index (χ2v) is 13.8. The molecule has 1 unspecified atom stereocenters. The van der Waals surface area contributed by atoms with Gasteiger partial charge in [-0.15, -0.1) is 0 Å². The Balaban J connectivity index is 0.00000177. The fraction of sp³-hybridized carbons (Fsp3) is 0.160. The molecule has 1 atom stereocenters. The number of nitrogens with zero attached hydrogens (tertiary/aromatic N) is 2. The van der Waals surface area contributed by atoms with Crippen LogP contribution < -0.4 is 0 Å². The molecule has 254 valence electrons. The van der Waals surface area contributed by atoms with Gasteiger partial charge in [0, 0.05) is 45.3 Å². The van der Waals surface area contributed by atoms with Crippen LogP contribution in [-0.4, -0.2) is 9.13 Å². The van der Waals surface area contributed by atoms with Gasteiger partial charge in [0.2, 0.25) is 0 Å². The van der Waals surface area contributed by atoms with Crippen molar-refractivity contribution >= 4 is 29.1 Å². The second-order valence-electron chi connectivity index (χ2n) is 13.8. The van der Waals surface area contributed by atoms with Crippen molar-refractivity contribution in [3.63, 3.8) is 0 Å². The van der Waals surface area contributed by atoms with Crippen LogP contribution in [0.25, 0.3) is 62.8 Å². The summed E-state index contributed by atoms with van der Waals surface area (Å²) in [5.41, 5.74) is 18.7. The highest BCUT2D eigenvalue weighted by Crippen LogP contribution is 2.47. The first-order chi connectivity index (χ1) is 25.8. The maximum Gasteiger partial charge on any atom is 0.0540 e. The lowest BCUT2D eigenvalue weighted by molar-refractivity contribution is 0.818. The molecule has 5 aromatic carbocycles. The van der Waals surface area contributed by atoms with Gasteiger partial charge in [0.15, 0.2) is 0 Å². The standard InChI is InChI=1S/C48H38N2.C2H6/c1-3-13-33(14-4-1)35-25-29-37(30-26-35)49-43-21-9-7-17-41(43)47-39(19-11-23-45(47)49)40-20-12-24-46-48(40)42-18-8-10-22-44(42)50(46)38-31-27-36(28-32-38)34-15-5-2-6-16-34;1-2/h1-8,11-19,23-32,40H,9-10,20-22H2;1-2H3. The average molecular weight is 673 g/mol. The summed E-state index contributed by atoms with van der Waals surface area (Å²) >= 11 is 0. The van der Waals surface area contributed by atoms with Crippen molar-refractivity contribution < 1.29 is 0 Å². The molecule has 2 nitrogen and oxygen atoms in total. The maximum atomic E-state index is 2.56. The van der Waals surface area contributed by atoms with Crippen molar-refractivity contribution in [1.82, 2.24) is 9.13 Å². The first kappa shape index (κ1) is 32.1. The van der Waals surface area contributed by atoms with E-state index in [4.69, 9.17) is 0 Å². The fourth-order valence-corrected chi connectivity index (χ4v) is 8.82. The van der Waals surface area contributed by atoms with E-state index >= 15 is 0 Å². The number of hydrogen-bond donors (Lipinski definition) is 0. The zero-order chi connectivity index (χ0) is 35.0. The number of allylic oxidation sites excluding steroid dienone is 3. The van der Waals surface area contributed by atoms with E-state index in [1.165, 1.54) is 83.9 Å². The Labute approximate surface area is 307 Å². The van der Waals surface area contributed by atoms with Crippen molar-refractivity contribution in [2.45, 2.75) is 51.9 Å². The van der Waals surface area contributed by atoms with Crippen molar-refractivity contribution in [3.8, 4) is 33.6 Å². The minimum absolute atomic E-state index is 0.274. The van der Waals surface area contributed by atoms with Gasteiger partial charge in [-0.05, 0) is 107 Å². The third kappa shape index (κ3) is 5.33. The highest BCUT2D eigenvalue weighted by Gasteiger charge is 2.32. The van der Waals surface area contributed by atoms with E-state index in [1.807, 2.05) is 13.8 Å². The van der Waals surface area contributed by atoms with Gasteiger partial charge in [0.1, 0.15) is 0 Å². The second kappa shape index (κ2) is 13.7. The highest BCUT2D eigenvalue weighted by molar-refractivity contribution is 5.97. The molecule has 0 aliphatic heterocycles. The van der Waals surface area contributed by atoms with E-state index in [0.29, 0.717) is 0 Å². The largest absolute Gasteiger partial charge is 0.313 e. The monoisotopic (exact) mass is 672 g/mol. The van der Waals surface area contributed by atoms with Crippen LogP contribution in [0.2, 0.25) is 0 Å². The molecule has 2 heteroatoms. The van der Waals surface area contributed by atoms with E-state index in [1.54, 1.807) is 0 Å². The lowest BCUT2D eigenvalue weighted by atomic mass is 9.80. The molecule has 2 aromatic heterocycles. The summed E-state index contributed by atoms with van der Waals surface area (Å²) in [4.78, 5) is 0. The van der Waals surface area contributed by atoms with Gasteiger partial charge in [-0.25, -0.2) is 0 Å². The molecule has 0 N–H and O–H groups in total. The molecular formula is C50H44N2. The third-order valence-electron chi connectivity index (χ3n) is 11.1. The van der Waals surface area contributed by atoms with Crippen LogP contribution in [-0.2, 0) is 12.8 Å². The summed E-state index contributed by atoms with van der Waals surface area (Å²) in [5, 5.41) is 1.41. The van der Waals surface area contributed by atoms with E-state index < -0.39 is 0 Å². The van der Waals surface area contributed by atoms with Crippen LogP contribution in [0, 0.1) is 0 Å². The SMILES string of the molecule is C1=Cc2c3c(n(-c4ccc(-c5ccccc5)cc4)c2CC1)C=CCC3c1cccc2c1c1c(n2-c2ccc(-c3ccccc3)cc2)CCC=C1.CC. The molecule has 0 radical (unpaired) electrons. The summed E-state index contributed by atoms with van der Waals surface area (Å²) in [6, 6.07) is 46.7. The van der Waals surface area contributed by atoms with Gasteiger partial charge in [-0.1, -0.05) is 141 Å². The van der Waals surface area contributed by atoms with Gasteiger partial charge in [-0.2, -0.15) is 0 Å². The molecule has 3 aliphatic rings. The summed E-state index contributed by atoms with van der Waals surface area (Å²) in [7, 11) is 0. The minimum atomic E-state index is 0.274. The number of benzene rings is 5. The Morgan fingerprint density at radius 1 is 0.481 bits per heavy atom. The predicted octanol–water partition coefficient (Wildman–Crippen LogP) is 13.2. The molecule has 0 saturated heterocycles. The summed E-state index contributed by atoms with van der Waals surface area (Å²) < 4.78 is 5.10. The number of hydrogen-bond acceptors (Lipinski definition) is 0. The van der Waals surface area contributed by atoms with Crippen molar-refractivity contribution in [1.29, 1.82) is 0 Å². The van der Waals surface area contributed by atoms with Crippen LogP contribution >= 0.6 is 0 Å². The predicted molar refractivity (Wildman–Crippen MR) is 221 cm³/mol. The molecule has 0 fully saturated rings. The van der Waals surface area contributed by atoms with E-state index in [2.05, 4.69) is 173 Å². The molecule has 52 heavy (non-hydrogen) atoms. The molecule has 0 bridgehead atoms. The van der Waals surface area contributed by atoms with Crippen LogP contribution in [0.5, 0.6) is 0 Å². The Hall–Kier alpha value is -5.86. The number of fused-ring (bicyclic) bond motifs is 6. The summed E-state index contributed by atoms with van der Waals surface area (Å²) in [6.07, 6.45) is 19.6. The van der Waals surface area contributed by atoms with E-state index in [9.17, 15) is 0 Å². The molecule has 10 rings (SSSR count). The Bertz CT molecular complexity index is 2470. The molecule has 2 heterocycles. The van der Waals surface area contributed by atoms with Crippen molar-refractivity contribution in [2.75, 3.05) is 0 Å². The topological polar surface area (TPSA) is 9.86 Å². The quantitative estimate of drug-likeness (QED) is 0.172. The van der Waals surface area contributed by atoms with Gasteiger partial charge >= 0.3 is 0 Å². The summed E-state index contributed by atoms with van der Waals surface area (Å²) in [5.74, 6) is 0.274. The molecule has 3 aliphatic carbocycles. The zero-order valence-electron chi connectivity index (χ0n) is 30.1. The Kier molecular flexibility index (Phi) is 8.45. The lowest BCUT2D eigenvalue weighted by Gasteiger charge is -2.23. The first-order valence-corrected chi connectivity index (χ1v) is 19.1. The van der Waals surface area contributed by atoms with Crippen molar-refractivity contribution in [2.24, 2.45) is 0 Å². The smallest absolute Gasteiger partial charge is 0.0540 e. The molecular weight excluding hydrogens is 629 g/mol. The van der Waals surface area contributed by atoms with Crippen LogP contribution in [0.3, 0.4) is 0 Å². The normalized spacial score (nSPS) is 15.5. The molecule has 7 aromatic rings. The third-order valence-corrected chi connectivity index (χ3v) is 11.1. The number of aromatic nitrogens is 2. The fourth-order valence-electron chi connectivity index (χ4n) is 8.82. The van der Waals surface area contributed by atoms with Crippen LogP contribution in [0.4, 0.5) is 0 Å². The van der Waals surface area contributed by atoms with E-state index in [0.717, 1.165) is 32.1 Å². The highest BCUT2D eigenvalue weighted by atomic mass is 15.0. The van der Waals surface area contributed by atoms with Crippen molar-refractivity contribution in [3.05, 3.63) is 185 Å². The van der Waals surface area contributed by atoms with Gasteiger partial charge in [0.25, 0.3) is 0 Å². The van der Waals surface area contributed by atoms with Gasteiger partial charge in [-0.3, -0.25) is 0 Å². The molecule has 0 spiro atoms. The average Bonchev–Trinajstić information content (AvgIpc) is 3.76. The Morgan fingerprint density at radius 3 is 1.63 bits per heavy atom. The Morgan fingerprint density at radius 2 is 1.02 bits per heavy atom. The van der Waals surface area contributed by atoms with Gasteiger partial charge in [0.05, 0.1) is 5.52 Å². The van der Waals surface area contributed by atoms with Crippen LogP contribution in [0.1, 0.15) is 78.4 Å².